The van der Waals surface area contributed by atoms with Gasteiger partial charge in [0.05, 0.1) is 11.2 Å². The van der Waals surface area contributed by atoms with Crippen LogP contribution in [-0.4, -0.2) is 19.9 Å². The van der Waals surface area contributed by atoms with Gasteiger partial charge in [0.1, 0.15) is 0 Å². The van der Waals surface area contributed by atoms with Crippen LogP contribution < -0.4 is 15.9 Å². The summed E-state index contributed by atoms with van der Waals surface area (Å²) in [5, 5.41) is 7.25. The number of rotatable bonds is 8. The average molecular weight is 747 g/mol. The quantitative estimate of drug-likeness (QED) is 0.115. The van der Waals surface area contributed by atoms with E-state index in [1.807, 2.05) is 36.4 Å². The zero-order valence-electron chi connectivity index (χ0n) is 30.9. The van der Waals surface area contributed by atoms with Crippen molar-refractivity contribution in [2.75, 3.05) is 0 Å². The lowest BCUT2D eigenvalue weighted by Crippen LogP contribution is -2.20. The minimum Gasteiger partial charge on any atom is -0.247 e. The fourth-order valence-corrected chi connectivity index (χ4v) is 9.86. The van der Waals surface area contributed by atoms with E-state index in [1.54, 1.807) is 0 Å². The van der Waals surface area contributed by atoms with Crippen LogP contribution in [0.4, 0.5) is 0 Å². The molecule has 2 aromatic heterocycles. The molecule has 5 heteroatoms. The third-order valence-electron chi connectivity index (χ3n) is 10.3. The number of hydrogen-bond donors (Lipinski definition) is 0. The van der Waals surface area contributed by atoms with Gasteiger partial charge in [-0.05, 0) is 41.0 Å². The van der Waals surface area contributed by atoms with Gasteiger partial charge >= 0.3 is 0 Å². The van der Waals surface area contributed by atoms with Gasteiger partial charge in [0.25, 0.3) is 0 Å². The number of fused-ring (bicyclic) bond motifs is 3. The molecule has 2 heterocycles. The molecule has 268 valence electrons. The molecule has 0 spiro atoms. The van der Waals surface area contributed by atoms with Crippen molar-refractivity contribution in [1.82, 2.24) is 19.9 Å². The van der Waals surface area contributed by atoms with Crippen LogP contribution in [-0.2, 0) is 0 Å². The van der Waals surface area contributed by atoms with Gasteiger partial charge in [-0.2, -0.15) is 0 Å². The van der Waals surface area contributed by atoms with Crippen molar-refractivity contribution in [3.8, 4) is 56.5 Å². The molecule has 0 N–H and O–H groups in total. The van der Waals surface area contributed by atoms with Gasteiger partial charge in [-0.25, -0.2) is 19.9 Å². The highest BCUT2D eigenvalue weighted by Gasteiger charge is 2.19. The molecule has 0 unspecified atom stereocenters. The predicted molar refractivity (Wildman–Crippen MR) is 239 cm³/mol. The van der Waals surface area contributed by atoms with Gasteiger partial charge in [-0.3, -0.25) is 0 Å². The molecule has 0 saturated carbocycles. The first-order chi connectivity index (χ1) is 28.3. The van der Waals surface area contributed by atoms with E-state index in [-0.39, 0.29) is 0 Å². The standard InChI is InChI=1S/C52H35N4P/c1-6-17-36(18-7-1)44-27-16-28-46-48(44)45-34-31-40(35-47(45)53-49(46)37-19-8-2-9-20-37)52-55-50(38-21-10-3-11-22-38)54-51(56-52)39-29-32-43(33-30-39)57(41-23-12-4-13-24-41)42-25-14-5-15-26-42/h1-35H. The normalized spacial score (nSPS) is 11.3. The van der Waals surface area contributed by atoms with Crippen molar-refractivity contribution in [3.05, 3.63) is 212 Å². The Bertz CT molecular complexity index is 2940. The van der Waals surface area contributed by atoms with Crippen LogP contribution in [0.25, 0.3) is 78.2 Å². The van der Waals surface area contributed by atoms with E-state index in [4.69, 9.17) is 19.9 Å². The van der Waals surface area contributed by atoms with Crippen LogP contribution in [0, 0.1) is 0 Å². The second-order valence-electron chi connectivity index (χ2n) is 13.9. The Morgan fingerprint density at radius 2 is 0.754 bits per heavy atom. The largest absolute Gasteiger partial charge is 0.247 e. The van der Waals surface area contributed by atoms with Crippen LogP contribution >= 0.6 is 7.92 Å². The van der Waals surface area contributed by atoms with E-state index in [1.165, 1.54) is 32.4 Å². The predicted octanol–water partition coefficient (Wildman–Crippen LogP) is 11.7. The highest BCUT2D eigenvalue weighted by atomic mass is 31.1. The summed E-state index contributed by atoms with van der Waals surface area (Å²) in [5.41, 5.74) is 7.97. The summed E-state index contributed by atoms with van der Waals surface area (Å²) in [6.07, 6.45) is 0. The Hall–Kier alpha value is -7.13. The van der Waals surface area contributed by atoms with Crippen LogP contribution in [0.15, 0.2) is 212 Å². The molecule has 0 fully saturated rings. The zero-order valence-corrected chi connectivity index (χ0v) is 31.8. The van der Waals surface area contributed by atoms with Crippen molar-refractivity contribution in [1.29, 1.82) is 0 Å². The topological polar surface area (TPSA) is 51.6 Å². The summed E-state index contributed by atoms with van der Waals surface area (Å²) in [7, 11) is -0.739. The fraction of sp³-hybridized carbons (Fsp3) is 0. The highest BCUT2D eigenvalue weighted by molar-refractivity contribution is 7.79. The third-order valence-corrected chi connectivity index (χ3v) is 12.7. The van der Waals surface area contributed by atoms with Crippen molar-refractivity contribution in [2.24, 2.45) is 0 Å². The van der Waals surface area contributed by atoms with Crippen LogP contribution in [0.1, 0.15) is 0 Å². The maximum absolute atomic E-state index is 5.36. The molecule has 0 saturated heterocycles. The monoisotopic (exact) mass is 746 g/mol. The van der Waals surface area contributed by atoms with Gasteiger partial charge in [-0.1, -0.05) is 206 Å². The number of aromatic nitrogens is 4. The Morgan fingerprint density at radius 3 is 1.33 bits per heavy atom. The second-order valence-corrected chi connectivity index (χ2v) is 16.1. The first-order valence-corrected chi connectivity index (χ1v) is 20.4. The highest BCUT2D eigenvalue weighted by Crippen LogP contribution is 2.40. The molecule has 0 aliphatic heterocycles. The number of benzene rings is 8. The summed E-state index contributed by atoms with van der Waals surface area (Å²) < 4.78 is 0. The maximum Gasteiger partial charge on any atom is 0.164 e. The summed E-state index contributed by atoms with van der Waals surface area (Å²) in [5.74, 6) is 1.84. The van der Waals surface area contributed by atoms with Crippen molar-refractivity contribution >= 4 is 45.5 Å². The van der Waals surface area contributed by atoms with E-state index in [0.29, 0.717) is 17.5 Å². The Morgan fingerprint density at radius 1 is 0.298 bits per heavy atom. The van der Waals surface area contributed by atoms with E-state index in [0.717, 1.165) is 44.2 Å². The average Bonchev–Trinajstić information content (AvgIpc) is 3.30. The summed E-state index contributed by atoms with van der Waals surface area (Å²) in [6, 6.07) is 74.4. The fourth-order valence-electron chi connectivity index (χ4n) is 7.58. The molecule has 10 rings (SSSR count). The van der Waals surface area contributed by atoms with Gasteiger partial charge < -0.3 is 0 Å². The molecule has 0 bridgehead atoms. The van der Waals surface area contributed by atoms with Gasteiger partial charge in [0, 0.05) is 38.4 Å². The number of nitrogens with zero attached hydrogens (tertiary/aromatic N) is 4. The smallest absolute Gasteiger partial charge is 0.164 e. The van der Waals surface area contributed by atoms with Gasteiger partial charge in [0.2, 0.25) is 0 Å². The van der Waals surface area contributed by atoms with Crippen LogP contribution in [0.5, 0.6) is 0 Å². The molecule has 10 aromatic rings. The minimum absolute atomic E-state index is 0.597. The van der Waals surface area contributed by atoms with Gasteiger partial charge in [0.15, 0.2) is 17.5 Å². The SMILES string of the molecule is c1ccc(-c2nc(-c3ccc(P(c4ccccc4)c4ccccc4)cc3)nc(-c3ccc4c(c3)nc(-c3ccccc3)c3cccc(-c5ccccc5)c34)n2)cc1. The van der Waals surface area contributed by atoms with Crippen LogP contribution in [0.2, 0.25) is 0 Å². The minimum atomic E-state index is -0.739. The van der Waals surface area contributed by atoms with Gasteiger partial charge in [-0.15, -0.1) is 0 Å². The van der Waals surface area contributed by atoms with E-state index in [2.05, 4.69) is 176 Å². The number of pyridine rings is 1. The van der Waals surface area contributed by atoms with E-state index < -0.39 is 7.92 Å². The molecular weight excluding hydrogens is 712 g/mol. The molecule has 0 amide bonds. The Kier molecular flexibility index (Phi) is 9.16. The summed E-state index contributed by atoms with van der Waals surface area (Å²) >= 11 is 0. The first-order valence-electron chi connectivity index (χ1n) is 19.1. The summed E-state index contributed by atoms with van der Waals surface area (Å²) in [4.78, 5) is 20.7. The molecule has 4 nitrogen and oxygen atoms in total. The summed E-state index contributed by atoms with van der Waals surface area (Å²) in [6.45, 7) is 0. The zero-order chi connectivity index (χ0) is 38.0. The first kappa shape index (κ1) is 34.4. The van der Waals surface area contributed by atoms with Crippen LogP contribution in [0.3, 0.4) is 0 Å². The second kappa shape index (κ2) is 15.2. The van der Waals surface area contributed by atoms with Crippen molar-refractivity contribution in [3.63, 3.8) is 0 Å². The third kappa shape index (κ3) is 6.78. The maximum atomic E-state index is 5.36. The molecule has 0 aliphatic carbocycles. The van der Waals surface area contributed by atoms with E-state index in [9.17, 15) is 0 Å². The molecule has 0 atom stereocenters. The van der Waals surface area contributed by atoms with Crippen molar-refractivity contribution in [2.45, 2.75) is 0 Å². The van der Waals surface area contributed by atoms with Crippen molar-refractivity contribution < 1.29 is 0 Å². The van der Waals surface area contributed by atoms with E-state index >= 15 is 0 Å². The lowest BCUT2D eigenvalue weighted by atomic mass is 9.92. The molecule has 57 heavy (non-hydrogen) atoms. The molecular formula is C52H35N4P. The lowest BCUT2D eigenvalue weighted by molar-refractivity contribution is 1.07. The molecule has 0 aliphatic rings. The Labute approximate surface area is 333 Å². The molecule has 0 radical (unpaired) electrons. The molecule has 8 aromatic carbocycles. The lowest BCUT2D eigenvalue weighted by Gasteiger charge is -2.19. The Balaban J connectivity index is 1.13. The number of hydrogen-bond acceptors (Lipinski definition) is 4.